The van der Waals surface area contributed by atoms with Gasteiger partial charge in [-0.05, 0) is 44.9 Å². The molecule has 0 unspecified atom stereocenters. The maximum Gasteiger partial charge on any atom is 0.410 e. The molecule has 6 heteroatoms. The number of esters is 1. The number of benzene rings is 1. The van der Waals surface area contributed by atoms with Crippen LogP contribution < -0.4 is 0 Å². The Morgan fingerprint density at radius 3 is 2.37 bits per heavy atom. The molecule has 0 N–H and O–H groups in total. The van der Waals surface area contributed by atoms with Gasteiger partial charge in [0.2, 0.25) is 0 Å². The van der Waals surface area contributed by atoms with Gasteiger partial charge in [-0.15, -0.1) is 0 Å². The van der Waals surface area contributed by atoms with Crippen LogP contribution in [0.4, 0.5) is 4.79 Å². The average Bonchev–Trinajstić information content (AvgIpc) is 3.01. The lowest BCUT2D eigenvalue weighted by molar-refractivity contribution is -0.144. The number of amides is 1. The van der Waals surface area contributed by atoms with E-state index in [1.165, 1.54) is 18.2 Å². The lowest BCUT2D eigenvalue weighted by Crippen LogP contribution is -2.50. The van der Waals surface area contributed by atoms with Crippen molar-refractivity contribution in [3.8, 4) is 0 Å². The highest BCUT2D eigenvalue weighted by atomic mass is 16.6. The van der Waals surface area contributed by atoms with E-state index < -0.39 is 5.60 Å². The standard InChI is InChI=1S/C21H30N2O4/c1-21(2,3)27-20(25)23-13-18(14-23)16-7-5-15(6-8-16)11-22-10-9-17(12-22)19(24)26-4/h5-8,17-18H,9-14H2,1-4H3/t17-/m1/s1. The summed E-state index contributed by atoms with van der Waals surface area (Å²) < 4.78 is 10.2. The van der Waals surface area contributed by atoms with Gasteiger partial charge in [-0.3, -0.25) is 9.69 Å². The van der Waals surface area contributed by atoms with Crippen LogP contribution in [0.5, 0.6) is 0 Å². The summed E-state index contributed by atoms with van der Waals surface area (Å²) in [4.78, 5) is 27.7. The number of methoxy groups -OCH3 is 1. The van der Waals surface area contributed by atoms with Crippen molar-refractivity contribution in [2.45, 2.75) is 45.3 Å². The fourth-order valence-electron chi connectivity index (χ4n) is 3.65. The van der Waals surface area contributed by atoms with Gasteiger partial charge in [0.05, 0.1) is 13.0 Å². The van der Waals surface area contributed by atoms with Gasteiger partial charge in [-0.1, -0.05) is 24.3 Å². The quantitative estimate of drug-likeness (QED) is 0.758. The second-order valence-electron chi connectivity index (χ2n) is 8.57. The molecule has 2 heterocycles. The van der Waals surface area contributed by atoms with E-state index in [4.69, 9.17) is 9.47 Å². The molecular weight excluding hydrogens is 344 g/mol. The van der Waals surface area contributed by atoms with Crippen LogP contribution in [-0.4, -0.2) is 60.8 Å². The number of hydrogen-bond donors (Lipinski definition) is 0. The number of likely N-dealkylation sites (tertiary alicyclic amines) is 2. The van der Waals surface area contributed by atoms with Crippen molar-refractivity contribution in [3.63, 3.8) is 0 Å². The molecular formula is C21H30N2O4. The molecule has 27 heavy (non-hydrogen) atoms. The smallest absolute Gasteiger partial charge is 0.410 e. The third-order valence-corrected chi connectivity index (χ3v) is 5.20. The molecule has 1 aromatic carbocycles. The van der Waals surface area contributed by atoms with Crippen LogP contribution in [0.1, 0.15) is 44.2 Å². The van der Waals surface area contributed by atoms with Gasteiger partial charge >= 0.3 is 12.1 Å². The van der Waals surface area contributed by atoms with Crippen molar-refractivity contribution in [1.82, 2.24) is 9.80 Å². The Labute approximate surface area is 161 Å². The van der Waals surface area contributed by atoms with Crippen molar-refractivity contribution >= 4 is 12.1 Å². The molecule has 2 aliphatic rings. The Bertz CT molecular complexity index is 674. The van der Waals surface area contributed by atoms with Gasteiger partial charge in [0.15, 0.2) is 0 Å². The van der Waals surface area contributed by atoms with Crippen LogP contribution in [0.2, 0.25) is 0 Å². The SMILES string of the molecule is COC(=O)[C@@H]1CCN(Cc2ccc(C3CN(C(=O)OC(C)(C)C)C3)cc2)C1. The van der Waals surface area contributed by atoms with Crippen molar-refractivity contribution in [1.29, 1.82) is 0 Å². The number of nitrogens with zero attached hydrogens (tertiary/aromatic N) is 2. The van der Waals surface area contributed by atoms with Gasteiger partial charge in [-0.2, -0.15) is 0 Å². The minimum absolute atomic E-state index is 0.00286. The van der Waals surface area contributed by atoms with Crippen LogP contribution in [0.3, 0.4) is 0 Å². The average molecular weight is 374 g/mol. The van der Waals surface area contributed by atoms with E-state index in [0.29, 0.717) is 19.0 Å². The van der Waals surface area contributed by atoms with E-state index in [0.717, 1.165) is 26.1 Å². The lowest BCUT2D eigenvalue weighted by atomic mass is 9.91. The van der Waals surface area contributed by atoms with E-state index in [-0.39, 0.29) is 18.0 Å². The predicted octanol–water partition coefficient (Wildman–Crippen LogP) is 3.02. The van der Waals surface area contributed by atoms with E-state index >= 15 is 0 Å². The van der Waals surface area contributed by atoms with E-state index in [1.54, 1.807) is 4.90 Å². The Kier molecular flexibility index (Phi) is 5.75. The molecule has 0 radical (unpaired) electrons. The zero-order chi connectivity index (χ0) is 19.6. The molecule has 0 aliphatic carbocycles. The highest BCUT2D eigenvalue weighted by Gasteiger charge is 2.34. The fourth-order valence-corrected chi connectivity index (χ4v) is 3.65. The summed E-state index contributed by atoms with van der Waals surface area (Å²) in [7, 11) is 1.45. The summed E-state index contributed by atoms with van der Waals surface area (Å²) in [5, 5.41) is 0. The van der Waals surface area contributed by atoms with Crippen molar-refractivity contribution < 1.29 is 19.1 Å². The van der Waals surface area contributed by atoms with Gasteiger partial charge in [0.25, 0.3) is 0 Å². The number of carbonyl (C=O) groups excluding carboxylic acids is 2. The summed E-state index contributed by atoms with van der Waals surface area (Å²) in [6, 6.07) is 8.61. The predicted molar refractivity (Wildman–Crippen MR) is 102 cm³/mol. The number of ether oxygens (including phenoxy) is 2. The Hall–Kier alpha value is -2.08. The molecule has 2 aliphatic heterocycles. The number of rotatable bonds is 4. The van der Waals surface area contributed by atoms with Crippen molar-refractivity contribution in [2.75, 3.05) is 33.3 Å². The molecule has 0 aromatic heterocycles. The van der Waals surface area contributed by atoms with Crippen molar-refractivity contribution in [3.05, 3.63) is 35.4 Å². The van der Waals surface area contributed by atoms with Gasteiger partial charge in [-0.25, -0.2) is 4.79 Å². The summed E-state index contributed by atoms with van der Waals surface area (Å²) in [5.41, 5.74) is 2.05. The minimum Gasteiger partial charge on any atom is -0.469 e. The normalized spacial score (nSPS) is 21.0. The largest absolute Gasteiger partial charge is 0.469 e. The van der Waals surface area contributed by atoms with Gasteiger partial charge in [0.1, 0.15) is 5.60 Å². The molecule has 2 fully saturated rings. The van der Waals surface area contributed by atoms with E-state index in [9.17, 15) is 9.59 Å². The van der Waals surface area contributed by atoms with E-state index in [2.05, 4.69) is 29.2 Å². The van der Waals surface area contributed by atoms with Crippen LogP contribution in [0.25, 0.3) is 0 Å². The summed E-state index contributed by atoms with van der Waals surface area (Å²) in [6.07, 6.45) is 0.636. The summed E-state index contributed by atoms with van der Waals surface area (Å²) >= 11 is 0. The molecule has 1 amide bonds. The molecule has 1 atom stereocenters. The number of carbonyl (C=O) groups is 2. The first-order chi connectivity index (χ1) is 12.7. The highest BCUT2D eigenvalue weighted by Crippen LogP contribution is 2.29. The molecule has 0 bridgehead atoms. The Morgan fingerprint density at radius 2 is 1.78 bits per heavy atom. The molecule has 6 nitrogen and oxygen atoms in total. The monoisotopic (exact) mass is 374 g/mol. The van der Waals surface area contributed by atoms with Crippen LogP contribution >= 0.6 is 0 Å². The minimum atomic E-state index is -0.452. The Morgan fingerprint density at radius 1 is 1.11 bits per heavy atom. The third-order valence-electron chi connectivity index (χ3n) is 5.20. The highest BCUT2D eigenvalue weighted by molar-refractivity contribution is 5.72. The maximum atomic E-state index is 12.0. The van der Waals surface area contributed by atoms with Gasteiger partial charge < -0.3 is 14.4 Å². The van der Waals surface area contributed by atoms with Crippen LogP contribution in [0.15, 0.2) is 24.3 Å². The maximum absolute atomic E-state index is 12.0. The number of hydrogen-bond acceptors (Lipinski definition) is 5. The molecule has 0 spiro atoms. The molecule has 2 saturated heterocycles. The molecule has 1 aromatic rings. The van der Waals surface area contributed by atoms with Crippen LogP contribution in [0, 0.1) is 5.92 Å². The fraction of sp³-hybridized carbons (Fsp3) is 0.619. The van der Waals surface area contributed by atoms with Crippen molar-refractivity contribution in [2.24, 2.45) is 5.92 Å². The first-order valence-electron chi connectivity index (χ1n) is 9.62. The topological polar surface area (TPSA) is 59.1 Å². The zero-order valence-corrected chi connectivity index (χ0v) is 16.7. The van der Waals surface area contributed by atoms with E-state index in [1.807, 2.05) is 20.8 Å². The first-order valence-corrected chi connectivity index (χ1v) is 9.62. The zero-order valence-electron chi connectivity index (χ0n) is 16.7. The van der Waals surface area contributed by atoms with Gasteiger partial charge in [0, 0.05) is 32.1 Å². The lowest BCUT2D eigenvalue weighted by Gasteiger charge is -2.40. The summed E-state index contributed by atoms with van der Waals surface area (Å²) in [6.45, 7) is 9.61. The second-order valence-corrected chi connectivity index (χ2v) is 8.57. The molecule has 3 rings (SSSR count). The summed E-state index contributed by atoms with van der Waals surface area (Å²) in [5.74, 6) is 0.275. The Balaban J connectivity index is 1.46. The van der Waals surface area contributed by atoms with Crippen LogP contribution in [-0.2, 0) is 20.8 Å². The first kappa shape index (κ1) is 19.7. The molecule has 148 valence electrons. The third kappa shape index (κ3) is 5.01. The second kappa shape index (κ2) is 7.89. The molecule has 0 saturated carbocycles.